The first kappa shape index (κ1) is 7.80. The van der Waals surface area contributed by atoms with Crippen molar-refractivity contribution in [2.75, 3.05) is 0 Å². The second-order valence-corrected chi connectivity index (χ2v) is 3.13. The van der Waals surface area contributed by atoms with E-state index in [-0.39, 0.29) is 0 Å². The first-order chi connectivity index (χ1) is 4.79. The van der Waals surface area contributed by atoms with Crippen LogP contribution in [0.3, 0.4) is 0 Å². The van der Waals surface area contributed by atoms with Crippen molar-refractivity contribution in [3.8, 4) is 5.75 Å². The van der Waals surface area contributed by atoms with E-state index in [4.69, 9.17) is 20.7 Å². The molecule has 4 heteroatoms. The highest BCUT2D eigenvalue weighted by Crippen LogP contribution is 2.37. The van der Waals surface area contributed by atoms with Crippen molar-refractivity contribution < 1.29 is 9.42 Å². The van der Waals surface area contributed by atoms with Gasteiger partial charge >= 0.3 is 7.73 Å². The molecule has 0 fully saturated rings. The lowest BCUT2D eigenvalue weighted by Crippen LogP contribution is -1.78. The van der Waals surface area contributed by atoms with E-state index in [1.807, 2.05) is 18.2 Å². The molecule has 0 aliphatic rings. The standard InChI is InChI=1S/C6H6ClO2P/c7-10(8)9-6-4-2-1-3-5-6/h1-5,8H. The molecule has 1 unspecified atom stereocenters. The van der Waals surface area contributed by atoms with Gasteiger partial charge in [0.15, 0.2) is 0 Å². The van der Waals surface area contributed by atoms with E-state index < -0.39 is 7.73 Å². The molecule has 0 aliphatic heterocycles. The molecule has 1 rings (SSSR count). The Bertz CT molecular complexity index is 190. The Labute approximate surface area is 65.1 Å². The second kappa shape index (κ2) is 3.77. The maximum Gasteiger partial charge on any atom is 0.335 e. The van der Waals surface area contributed by atoms with Gasteiger partial charge in [-0.1, -0.05) is 18.2 Å². The van der Waals surface area contributed by atoms with Gasteiger partial charge in [-0.3, -0.25) is 0 Å². The third-order valence-electron chi connectivity index (χ3n) is 0.924. The average molecular weight is 177 g/mol. The molecule has 0 aromatic heterocycles. The van der Waals surface area contributed by atoms with Crippen LogP contribution in [0.25, 0.3) is 0 Å². The van der Waals surface area contributed by atoms with E-state index in [1.165, 1.54) is 0 Å². The molecule has 0 saturated heterocycles. The molecule has 2 nitrogen and oxygen atoms in total. The van der Waals surface area contributed by atoms with Crippen molar-refractivity contribution in [2.24, 2.45) is 0 Å². The van der Waals surface area contributed by atoms with E-state index in [0.29, 0.717) is 5.75 Å². The number of rotatable bonds is 2. The molecule has 10 heavy (non-hydrogen) atoms. The first-order valence-corrected chi connectivity index (χ1v) is 4.78. The molecule has 1 aromatic rings. The molecule has 1 atom stereocenters. The number of hydrogen-bond acceptors (Lipinski definition) is 2. The molecule has 0 bridgehead atoms. The summed E-state index contributed by atoms with van der Waals surface area (Å²) < 4.78 is 4.80. The zero-order valence-corrected chi connectivity index (χ0v) is 6.72. The van der Waals surface area contributed by atoms with Crippen molar-refractivity contribution in [1.82, 2.24) is 0 Å². The summed E-state index contributed by atoms with van der Waals surface area (Å²) in [6.45, 7) is 0. The first-order valence-electron chi connectivity index (χ1n) is 2.67. The number of para-hydroxylation sites is 1. The summed E-state index contributed by atoms with van der Waals surface area (Å²) in [4.78, 5) is 8.61. The van der Waals surface area contributed by atoms with Crippen molar-refractivity contribution in [3.63, 3.8) is 0 Å². The summed E-state index contributed by atoms with van der Waals surface area (Å²) in [6, 6.07) is 8.94. The van der Waals surface area contributed by atoms with E-state index in [2.05, 4.69) is 0 Å². The van der Waals surface area contributed by atoms with Gasteiger partial charge in [0, 0.05) is 0 Å². The molecule has 1 aromatic carbocycles. The molecule has 0 amide bonds. The Kier molecular flexibility index (Phi) is 2.94. The van der Waals surface area contributed by atoms with Gasteiger partial charge in [-0.25, -0.2) is 0 Å². The fraction of sp³-hybridized carbons (Fsp3) is 0. The summed E-state index contributed by atoms with van der Waals surface area (Å²) in [5, 5.41) is 0. The molecule has 0 saturated carbocycles. The van der Waals surface area contributed by atoms with Crippen molar-refractivity contribution in [2.45, 2.75) is 0 Å². The van der Waals surface area contributed by atoms with E-state index in [0.717, 1.165) is 0 Å². The lowest BCUT2D eigenvalue weighted by atomic mass is 10.3. The summed E-state index contributed by atoms with van der Waals surface area (Å²) in [5.41, 5.74) is 0. The normalized spacial score (nSPS) is 12.6. The van der Waals surface area contributed by atoms with Crippen LogP contribution < -0.4 is 4.52 Å². The molecule has 0 spiro atoms. The molecular weight excluding hydrogens is 170 g/mol. The van der Waals surface area contributed by atoms with Crippen LogP contribution in [0.15, 0.2) is 30.3 Å². The predicted octanol–water partition coefficient (Wildman–Crippen LogP) is 2.52. The highest BCUT2D eigenvalue weighted by Gasteiger charge is 1.99. The van der Waals surface area contributed by atoms with Crippen molar-refractivity contribution in [3.05, 3.63) is 30.3 Å². The van der Waals surface area contributed by atoms with Gasteiger partial charge in [0.1, 0.15) is 5.75 Å². The van der Waals surface area contributed by atoms with Crippen LogP contribution in [0.2, 0.25) is 0 Å². The largest absolute Gasteiger partial charge is 0.436 e. The van der Waals surface area contributed by atoms with Crippen molar-refractivity contribution in [1.29, 1.82) is 0 Å². The number of benzene rings is 1. The molecule has 1 N–H and O–H groups in total. The van der Waals surface area contributed by atoms with Gasteiger partial charge in [-0.05, 0) is 23.4 Å². The molecule has 0 heterocycles. The third kappa shape index (κ3) is 2.53. The molecule has 54 valence electrons. The van der Waals surface area contributed by atoms with E-state index in [1.54, 1.807) is 12.1 Å². The van der Waals surface area contributed by atoms with Gasteiger partial charge in [0.25, 0.3) is 0 Å². The topological polar surface area (TPSA) is 29.5 Å². The van der Waals surface area contributed by atoms with Crippen LogP contribution in [-0.2, 0) is 0 Å². The monoisotopic (exact) mass is 176 g/mol. The molecular formula is C6H6ClO2P. The van der Waals surface area contributed by atoms with Crippen LogP contribution in [0.4, 0.5) is 0 Å². The van der Waals surface area contributed by atoms with Crippen LogP contribution >= 0.6 is 19.0 Å². The van der Waals surface area contributed by atoms with Crippen LogP contribution in [0.5, 0.6) is 5.75 Å². The summed E-state index contributed by atoms with van der Waals surface area (Å²) in [5.74, 6) is 0.589. The van der Waals surface area contributed by atoms with Gasteiger partial charge in [-0.2, -0.15) is 0 Å². The number of hydrogen-bond donors (Lipinski definition) is 1. The lowest BCUT2D eigenvalue weighted by Gasteiger charge is -2.02. The second-order valence-electron chi connectivity index (χ2n) is 1.63. The Morgan fingerprint density at radius 2 is 1.90 bits per heavy atom. The SMILES string of the molecule is OP(Cl)Oc1ccccc1. The maximum atomic E-state index is 8.61. The van der Waals surface area contributed by atoms with E-state index in [9.17, 15) is 0 Å². The summed E-state index contributed by atoms with van der Waals surface area (Å²) in [6.07, 6.45) is 0. The van der Waals surface area contributed by atoms with Gasteiger partial charge in [0.05, 0.1) is 0 Å². The lowest BCUT2D eigenvalue weighted by molar-refractivity contribution is 0.506. The average Bonchev–Trinajstić information content (AvgIpc) is 1.88. The van der Waals surface area contributed by atoms with Crippen LogP contribution in [-0.4, -0.2) is 4.89 Å². The highest BCUT2D eigenvalue weighted by atomic mass is 35.7. The van der Waals surface area contributed by atoms with Gasteiger partial charge in [-0.15, -0.1) is 0 Å². The Morgan fingerprint density at radius 1 is 1.30 bits per heavy atom. The smallest absolute Gasteiger partial charge is 0.335 e. The minimum absolute atomic E-state index is 0.589. The zero-order valence-electron chi connectivity index (χ0n) is 5.07. The van der Waals surface area contributed by atoms with Crippen molar-refractivity contribution >= 4 is 19.0 Å². The number of halogens is 1. The van der Waals surface area contributed by atoms with E-state index >= 15 is 0 Å². The fourth-order valence-corrected chi connectivity index (χ4v) is 1.10. The minimum Gasteiger partial charge on any atom is -0.436 e. The summed E-state index contributed by atoms with van der Waals surface area (Å²) in [7, 11) is -1.80. The fourth-order valence-electron chi connectivity index (χ4n) is 0.568. The predicted molar refractivity (Wildman–Crippen MR) is 42.1 cm³/mol. The maximum absolute atomic E-state index is 8.61. The zero-order chi connectivity index (χ0) is 7.40. The quantitative estimate of drug-likeness (QED) is 0.702. The molecule has 0 radical (unpaired) electrons. The van der Waals surface area contributed by atoms with Crippen LogP contribution in [0.1, 0.15) is 0 Å². The Morgan fingerprint density at radius 3 is 2.40 bits per heavy atom. The summed E-state index contributed by atoms with van der Waals surface area (Å²) >= 11 is 5.21. The van der Waals surface area contributed by atoms with Crippen LogP contribution in [0, 0.1) is 0 Å². The highest BCUT2D eigenvalue weighted by molar-refractivity contribution is 7.75. The Balaban J connectivity index is 2.59. The third-order valence-corrected chi connectivity index (χ3v) is 1.49. The molecule has 0 aliphatic carbocycles. The Hall–Kier alpha value is -0.300. The van der Waals surface area contributed by atoms with Gasteiger partial charge in [0.2, 0.25) is 0 Å². The minimum atomic E-state index is -1.80. The van der Waals surface area contributed by atoms with Gasteiger partial charge < -0.3 is 9.42 Å².